The molecule has 0 saturated carbocycles. The summed E-state index contributed by atoms with van der Waals surface area (Å²) in [5, 5.41) is 9.63. The van der Waals surface area contributed by atoms with Gasteiger partial charge >= 0.3 is 0 Å². The Morgan fingerprint density at radius 3 is 2.75 bits per heavy atom. The van der Waals surface area contributed by atoms with Gasteiger partial charge in [0.05, 0.1) is 11.8 Å². The number of Topliss-reactive ketones (excluding diaryl/α,β-unsaturated/α-hetero) is 1. The molecule has 1 aromatic carbocycles. The average Bonchev–Trinajstić information content (AvgIpc) is 2.90. The Labute approximate surface area is 139 Å². The first-order chi connectivity index (χ1) is 11.3. The van der Waals surface area contributed by atoms with Crippen molar-refractivity contribution in [2.45, 2.75) is 33.1 Å². The lowest BCUT2D eigenvalue weighted by atomic mass is 9.69. The first-order valence-corrected chi connectivity index (χ1v) is 8.13. The number of amides is 1. The van der Waals surface area contributed by atoms with Gasteiger partial charge in [0.15, 0.2) is 5.78 Å². The molecule has 0 N–H and O–H groups in total. The van der Waals surface area contributed by atoms with E-state index in [1.165, 1.54) is 11.0 Å². The number of hydrogen-bond acceptors (Lipinski definition) is 3. The fourth-order valence-corrected chi connectivity index (χ4v) is 4.29. The molecule has 2 heterocycles. The van der Waals surface area contributed by atoms with Crippen molar-refractivity contribution in [3.8, 4) is 6.07 Å². The van der Waals surface area contributed by atoms with Crippen LogP contribution in [-0.4, -0.2) is 18.2 Å². The van der Waals surface area contributed by atoms with Gasteiger partial charge in [-0.05, 0) is 36.0 Å². The van der Waals surface area contributed by atoms with E-state index in [-0.39, 0.29) is 22.9 Å². The third-order valence-electron chi connectivity index (χ3n) is 5.25. The highest BCUT2D eigenvalue weighted by molar-refractivity contribution is 6.27. The number of allylic oxidation sites excluding steroid dienone is 1. The second-order valence-electron chi connectivity index (χ2n) is 7.57. The van der Waals surface area contributed by atoms with Crippen LogP contribution in [0.15, 0.2) is 17.7 Å². The zero-order chi connectivity index (χ0) is 17.2. The van der Waals surface area contributed by atoms with Gasteiger partial charge in [0.25, 0.3) is 0 Å². The van der Waals surface area contributed by atoms with Crippen LogP contribution >= 0.6 is 0 Å². The summed E-state index contributed by atoms with van der Waals surface area (Å²) in [5.41, 5.74) is 2.38. The van der Waals surface area contributed by atoms with Gasteiger partial charge in [-0.25, -0.2) is 4.39 Å². The molecule has 0 fully saturated rings. The smallest absolute Gasteiger partial charge is 0.248 e. The van der Waals surface area contributed by atoms with Gasteiger partial charge in [0.2, 0.25) is 5.91 Å². The van der Waals surface area contributed by atoms with Gasteiger partial charge in [-0.2, -0.15) is 5.26 Å². The predicted molar refractivity (Wildman–Crippen MR) is 86.5 cm³/mol. The van der Waals surface area contributed by atoms with Crippen LogP contribution in [0, 0.1) is 28.5 Å². The molecule has 1 amide bonds. The van der Waals surface area contributed by atoms with E-state index >= 15 is 0 Å². The maximum absolute atomic E-state index is 14.2. The number of carbonyl (C=O) groups excluding carboxylic acids is 2. The molecule has 4 nitrogen and oxygen atoms in total. The van der Waals surface area contributed by atoms with E-state index < -0.39 is 5.92 Å². The number of benzene rings is 1. The van der Waals surface area contributed by atoms with Crippen molar-refractivity contribution in [1.29, 1.82) is 5.26 Å². The number of ketones is 1. The molecular weight excluding hydrogens is 307 g/mol. The van der Waals surface area contributed by atoms with Gasteiger partial charge < -0.3 is 4.90 Å². The molecule has 0 bridgehead atoms. The molecular formula is C19H17FN2O2. The molecule has 122 valence electrons. The number of halogens is 1. The van der Waals surface area contributed by atoms with E-state index in [0.717, 1.165) is 0 Å². The third-order valence-corrected chi connectivity index (χ3v) is 5.25. The van der Waals surface area contributed by atoms with E-state index in [9.17, 15) is 19.2 Å². The Kier molecular flexibility index (Phi) is 2.99. The second kappa shape index (κ2) is 4.76. The van der Waals surface area contributed by atoms with Crippen molar-refractivity contribution in [2.24, 2.45) is 11.3 Å². The van der Waals surface area contributed by atoms with Gasteiger partial charge in [0.1, 0.15) is 11.7 Å². The normalized spacial score (nSPS) is 24.4. The zero-order valence-electron chi connectivity index (χ0n) is 13.6. The molecule has 5 heteroatoms. The van der Waals surface area contributed by atoms with Crippen molar-refractivity contribution in [1.82, 2.24) is 0 Å². The standard InChI is InChI=1S/C19H17FN2O2/c1-19(2)7-12-13(9-21)18(24)22-6-5-10-14(20)4-3-11(17(10)22)16(12)15(23)8-19/h3-4,13H,5-8H2,1-2H3. The minimum Gasteiger partial charge on any atom is -0.310 e. The molecule has 1 aromatic rings. The van der Waals surface area contributed by atoms with Crippen LogP contribution < -0.4 is 4.90 Å². The lowest BCUT2D eigenvalue weighted by Gasteiger charge is -2.32. The Morgan fingerprint density at radius 1 is 1.29 bits per heavy atom. The van der Waals surface area contributed by atoms with Gasteiger partial charge in [-0.3, -0.25) is 9.59 Å². The molecule has 2 aliphatic heterocycles. The molecule has 0 aromatic heterocycles. The van der Waals surface area contributed by atoms with Crippen LogP contribution in [0.25, 0.3) is 5.57 Å². The van der Waals surface area contributed by atoms with Crippen LogP contribution in [0.2, 0.25) is 0 Å². The Balaban J connectivity index is 2.07. The predicted octanol–water partition coefficient (Wildman–Crippen LogP) is 3.01. The van der Waals surface area contributed by atoms with Crippen LogP contribution in [0.4, 0.5) is 10.1 Å². The molecule has 0 spiro atoms. The molecule has 0 radical (unpaired) electrons. The summed E-state index contributed by atoms with van der Waals surface area (Å²) in [4.78, 5) is 27.3. The summed E-state index contributed by atoms with van der Waals surface area (Å²) < 4.78 is 14.2. The Hall–Kier alpha value is -2.48. The summed E-state index contributed by atoms with van der Waals surface area (Å²) in [6.45, 7) is 4.30. The van der Waals surface area contributed by atoms with E-state index in [4.69, 9.17) is 0 Å². The summed E-state index contributed by atoms with van der Waals surface area (Å²) in [5.74, 6) is -1.72. The maximum atomic E-state index is 14.2. The summed E-state index contributed by atoms with van der Waals surface area (Å²) in [7, 11) is 0. The number of nitriles is 1. The lowest BCUT2D eigenvalue weighted by molar-refractivity contribution is -0.119. The first-order valence-electron chi connectivity index (χ1n) is 8.13. The number of anilines is 1. The Morgan fingerprint density at radius 2 is 2.04 bits per heavy atom. The quantitative estimate of drug-likeness (QED) is 0.737. The van der Waals surface area contributed by atoms with Crippen LogP contribution in [0.3, 0.4) is 0 Å². The molecule has 0 saturated heterocycles. The van der Waals surface area contributed by atoms with Gasteiger partial charge in [0, 0.05) is 29.7 Å². The number of carbonyl (C=O) groups is 2. The Bertz CT molecular complexity index is 876. The van der Waals surface area contributed by atoms with E-state index in [2.05, 4.69) is 6.07 Å². The fraction of sp³-hybridized carbons (Fsp3) is 0.421. The molecule has 24 heavy (non-hydrogen) atoms. The molecule has 1 atom stereocenters. The average molecular weight is 324 g/mol. The molecule has 3 aliphatic rings. The topological polar surface area (TPSA) is 61.2 Å². The maximum Gasteiger partial charge on any atom is 0.248 e. The highest BCUT2D eigenvalue weighted by Crippen LogP contribution is 2.49. The summed E-state index contributed by atoms with van der Waals surface area (Å²) in [6, 6.07) is 5.05. The minimum atomic E-state index is -0.968. The second-order valence-corrected chi connectivity index (χ2v) is 7.57. The highest BCUT2D eigenvalue weighted by Gasteiger charge is 2.45. The van der Waals surface area contributed by atoms with Crippen molar-refractivity contribution in [2.75, 3.05) is 11.4 Å². The van der Waals surface area contributed by atoms with Gasteiger partial charge in [-0.15, -0.1) is 0 Å². The summed E-state index contributed by atoms with van der Waals surface area (Å²) >= 11 is 0. The number of rotatable bonds is 0. The monoisotopic (exact) mass is 324 g/mol. The molecule has 1 aliphatic carbocycles. The lowest BCUT2D eigenvalue weighted by Crippen LogP contribution is -2.36. The van der Waals surface area contributed by atoms with E-state index in [0.29, 0.717) is 53.8 Å². The largest absolute Gasteiger partial charge is 0.310 e. The number of nitrogens with zero attached hydrogens (tertiary/aromatic N) is 2. The number of hydrogen-bond donors (Lipinski definition) is 0. The molecule has 4 rings (SSSR count). The molecule has 1 unspecified atom stereocenters. The first kappa shape index (κ1) is 15.1. The van der Waals surface area contributed by atoms with Gasteiger partial charge in [-0.1, -0.05) is 13.8 Å². The van der Waals surface area contributed by atoms with Crippen LogP contribution in [0.1, 0.15) is 37.8 Å². The highest BCUT2D eigenvalue weighted by atomic mass is 19.1. The zero-order valence-corrected chi connectivity index (χ0v) is 13.6. The summed E-state index contributed by atoms with van der Waals surface area (Å²) in [6.07, 6.45) is 1.31. The third kappa shape index (κ3) is 1.89. The van der Waals surface area contributed by atoms with Crippen LogP contribution in [0.5, 0.6) is 0 Å². The van der Waals surface area contributed by atoms with Crippen molar-refractivity contribution in [3.63, 3.8) is 0 Å². The van der Waals surface area contributed by atoms with Crippen molar-refractivity contribution in [3.05, 3.63) is 34.6 Å². The van der Waals surface area contributed by atoms with Crippen LogP contribution in [-0.2, 0) is 16.0 Å². The van der Waals surface area contributed by atoms with Crippen molar-refractivity contribution < 1.29 is 14.0 Å². The fourth-order valence-electron chi connectivity index (χ4n) is 4.29. The SMILES string of the molecule is CC1(C)CC(=O)C2=C(C1)C(C#N)C(=O)N1CCc3c(F)ccc2c31. The van der Waals surface area contributed by atoms with Crippen molar-refractivity contribution >= 4 is 23.0 Å². The number of fused-ring (bicyclic) bond motifs is 1. The van der Waals surface area contributed by atoms with E-state index in [1.54, 1.807) is 6.07 Å². The minimum absolute atomic E-state index is 0.0585. The van der Waals surface area contributed by atoms with E-state index in [1.807, 2.05) is 13.8 Å².